The summed E-state index contributed by atoms with van der Waals surface area (Å²) >= 11 is 1.65. The molecule has 1 atom stereocenters. The van der Waals surface area contributed by atoms with Crippen molar-refractivity contribution in [2.75, 3.05) is 6.54 Å². The molecule has 0 saturated carbocycles. The number of carboxylic acids is 1. The highest BCUT2D eigenvalue weighted by Gasteiger charge is 2.08. The maximum atomic E-state index is 10.5. The summed E-state index contributed by atoms with van der Waals surface area (Å²) in [6.07, 6.45) is 0. The van der Waals surface area contributed by atoms with Crippen LogP contribution in [-0.4, -0.2) is 17.6 Å². The van der Waals surface area contributed by atoms with Crippen molar-refractivity contribution in [3.8, 4) is 0 Å². The summed E-state index contributed by atoms with van der Waals surface area (Å²) in [6.45, 7) is 5.76. The molecule has 2 N–H and O–H groups in total. The zero-order valence-corrected chi connectivity index (χ0v) is 8.80. The number of rotatable bonds is 5. The molecule has 1 aromatic rings. The van der Waals surface area contributed by atoms with E-state index < -0.39 is 5.97 Å². The van der Waals surface area contributed by atoms with Gasteiger partial charge in [0.25, 0.3) is 0 Å². The maximum absolute atomic E-state index is 10.5. The van der Waals surface area contributed by atoms with Crippen molar-refractivity contribution in [3.63, 3.8) is 0 Å². The van der Waals surface area contributed by atoms with E-state index in [9.17, 15) is 4.79 Å². The largest absolute Gasteiger partial charge is 0.478 e. The predicted octanol–water partition coefficient (Wildman–Crippen LogP) is 2.04. The van der Waals surface area contributed by atoms with E-state index in [1.54, 1.807) is 11.3 Å². The Morgan fingerprint density at radius 3 is 3.00 bits per heavy atom. The van der Waals surface area contributed by atoms with Gasteiger partial charge in [-0.15, -0.1) is 11.3 Å². The van der Waals surface area contributed by atoms with E-state index in [0.29, 0.717) is 6.54 Å². The van der Waals surface area contributed by atoms with Crippen LogP contribution in [0.5, 0.6) is 0 Å². The molecule has 76 valence electrons. The van der Waals surface area contributed by atoms with E-state index in [1.807, 2.05) is 24.4 Å². The Kier molecular flexibility index (Phi) is 3.85. The average Bonchev–Trinajstić information content (AvgIpc) is 2.66. The highest BCUT2D eigenvalue weighted by Crippen LogP contribution is 2.17. The molecular formula is C10H13NO2S. The van der Waals surface area contributed by atoms with Crippen molar-refractivity contribution in [1.82, 2.24) is 5.32 Å². The smallest absolute Gasteiger partial charge is 0.332 e. The summed E-state index contributed by atoms with van der Waals surface area (Å²) in [6, 6.07) is 4.17. The second-order valence-electron chi connectivity index (χ2n) is 3.03. The minimum absolute atomic E-state index is 0.172. The van der Waals surface area contributed by atoms with E-state index in [1.165, 1.54) is 4.88 Å². The van der Waals surface area contributed by atoms with Gasteiger partial charge >= 0.3 is 5.97 Å². The first kappa shape index (κ1) is 10.9. The number of hydrogen-bond donors (Lipinski definition) is 2. The highest BCUT2D eigenvalue weighted by atomic mass is 32.1. The molecule has 3 nitrogen and oxygen atoms in total. The number of nitrogens with one attached hydrogen (secondary N) is 1. The summed E-state index contributed by atoms with van der Waals surface area (Å²) < 4.78 is 0. The normalized spacial score (nSPS) is 12.4. The summed E-state index contributed by atoms with van der Waals surface area (Å²) in [4.78, 5) is 11.7. The van der Waals surface area contributed by atoms with E-state index in [0.717, 1.165) is 0 Å². The lowest BCUT2D eigenvalue weighted by atomic mass is 10.2. The first-order chi connectivity index (χ1) is 6.61. The predicted molar refractivity (Wildman–Crippen MR) is 57.5 cm³/mol. The maximum Gasteiger partial charge on any atom is 0.332 e. The summed E-state index contributed by atoms with van der Waals surface area (Å²) in [5.74, 6) is -0.948. The quantitative estimate of drug-likeness (QED) is 0.733. The lowest BCUT2D eigenvalue weighted by molar-refractivity contribution is -0.132. The number of carbonyl (C=O) groups is 1. The van der Waals surface area contributed by atoms with E-state index in [2.05, 4.69) is 11.9 Å². The molecule has 0 aliphatic rings. The van der Waals surface area contributed by atoms with Gasteiger partial charge in [-0.1, -0.05) is 12.6 Å². The van der Waals surface area contributed by atoms with Gasteiger partial charge in [0, 0.05) is 23.0 Å². The Morgan fingerprint density at radius 2 is 2.50 bits per heavy atom. The zero-order valence-electron chi connectivity index (χ0n) is 7.99. The van der Waals surface area contributed by atoms with Crippen LogP contribution >= 0.6 is 11.3 Å². The first-order valence-corrected chi connectivity index (χ1v) is 5.17. The lowest BCUT2D eigenvalue weighted by Crippen LogP contribution is -2.23. The molecule has 14 heavy (non-hydrogen) atoms. The lowest BCUT2D eigenvalue weighted by Gasteiger charge is -2.11. The fourth-order valence-corrected chi connectivity index (χ4v) is 1.75. The third-order valence-corrected chi connectivity index (χ3v) is 2.95. The molecular weight excluding hydrogens is 198 g/mol. The Morgan fingerprint density at radius 1 is 1.79 bits per heavy atom. The van der Waals surface area contributed by atoms with E-state index >= 15 is 0 Å². The molecule has 0 bridgehead atoms. The van der Waals surface area contributed by atoms with Crippen LogP contribution in [0.2, 0.25) is 0 Å². The standard InChI is InChI=1S/C10H13NO2S/c1-7(10(12)13)6-11-8(2)9-4-3-5-14-9/h3-5,8,11H,1,6H2,2H3,(H,12,13)/t8-/m1/s1. The molecule has 0 unspecified atom stereocenters. The van der Waals surface area contributed by atoms with Crippen LogP contribution in [0.4, 0.5) is 0 Å². The average molecular weight is 211 g/mol. The third-order valence-electron chi connectivity index (χ3n) is 1.89. The van der Waals surface area contributed by atoms with Crippen molar-refractivity contribution < 1.29 is 9.90 Å². The van der Waals surface area contributed by atoms with Crippen LogP contribution in [-0.2, 0) is 4.79 Å². The Labute approximate surface area is 87.1 Å². The van der Waals surface area contributed by atoms with Crippen LogP contribution in [0.3, 0.4) is 0 Å². The first-order valence-electron chi connectivity index (χ1n) is 4.29. The summed E-state index contributed by atoms with van der Waals surface area (Å²) in [5, 5.41) is 13.7. The molecule has 0 spiro atoms. The SMILES string of the molecule is C=C(CN[C@H](C)c1cccs1)C(=O)O. The van der Waals surface area contributed by atoms with Gasteiger partial charge in [-0.25, -0.2) is 4.79 Å². The minimum Gasteiger partial charge on any atom is -0.478 e. The van der Waals surface area contributed by atoms with Gasteiger partial charge in [0.2, 0.25) is 0 Å². The summed E-state index contributed by atoms with van der Waals surface area (Å²) in [5.41, 5.74) is 0.188. The van der Waals surface area contributed by atoms with Crippen molar-refractivity contribution in [3.05, 3.63) is 34.5 Å². The molecule has 0 radical (unpaired) electrons. The number of hydrogen-bond acceptors (Lipinski definition) is 3. The second kappa shape index (κ2) is 4.93. The van der Waals surface area contributed by atoms with Crippen LogP contribution in [0.1, 0.15) is 17.8 Å². The molecule has 1 rings (SSSR count). The monoisotopic (exact) mass is 211 g/mol. The Hall–Kier alpha value is -1.13. The fraction of sp³-hybridized carbons (Fsp3) is 0.300. The fourth-order valence-electron chi connectivity index (χ4n) is 0.990. The van der Waals surface area contributed by atoms with Crippen LogP contribution in [0, 0.1) is 0 Å². The van der Waals surface area contributed by atoms with Crippen LogP contribution in [0.25, 0.3) is 0 Å². The molecule has 1 heterocycles. The molecule has 0 fully saturated rings. The van der Waals surface area contributed by atoms with Crippen molar-refractivity contribution in [2.24, 2.45) is 0 Å². The van der Waals surface area contributed by atoms with Crippen molar-refractivity contribution in [1.29, 1.82) is 0 Å². The topological polar surface area (TPSA) is 49.3 Å². The molecule has 0 aromatic carbocycles. The van der Waals surface area contributed by atoms with Crippen LogP contribution in [0.15, 0.2) is 29.7 Å². The van der Waals surface area contributed by atoms with Crippen LogP contribution < -0.4 is 5.32 Å². The number of thiophene rings is 1. The van der Waals surface area contributed by atoms with Gasteiger partial charge in [-0.05, 0) is 18.4 Å². The Bertz CT molecular complexity index is 319. The summed E-state index contributed by atoms with van der Waals surface area (Å²) in [7, 11) is 0. The molecule has 1 aromatic heterocycles. The molecule has 0 amide bonds. The Balaban J connectivity index is 2.39. The molecule has 0 aliphatic carbocycles. The minimum atomic E-state index is -0.948. The van der Waals surface area contributed by atoms with Gasteiger partial charge in [0.1, 0.15) is 0 Å². The van der Waals surface area contributed by atoms with E-state index in [4.69, 9.17) is 5.11 Å². The third kappa shape index (κ3) is 2.97. The van der Waals surface area contributed by atoms with Gasteiger partial charge in [0.05, 0.1) is 0 Å². The van der Waals surface area contributed by atoms with Gasteiger partial charge < -0.3 is 10.4 Å². The van der Waals surface area contributed by atoms with Gasteiger partial charge in [-0.2, -0.15) is 0 Å². The highest BCUT2D eigenvalue weighted by molar-refractivity contribution is 7.10. The molecule has 0 saturated heterocycles. The number of aliphatic carboxylic acids is 1. The van der Waals surface area contributed by atoms with Gasteiger partial charge in [0.15, 0.2) is 0 Å². The zero-order chi connectivity index (χ0) is 10.6. The molecule has 4 heteroatoms. The van der Waals surface area contributed by atoms with E-state index in [-0.39, 0.29) is 11.6 Å². The number of carboxylic acid groups (broad SMARTS) is 1. The second-order valence-corrected chi connectivity index (χ2v) is 4.01. The molecule has 0 aliphatic heterocycles. The van der Waals surface area contributed by atoms with Crippen molar-refractivity contribution >= 4 is 17.3 Å². The van der Waals surface area contributed by atoms with Gasteiger partial charge in [-0.3, -0.25) is 0 Å². The van der Waals surface area contributed by atoms with Crippen molar-refractivity contribution in [2.45, 2.75) is 13.0 Å².